The van der Waals surface area contributed by atoms with Crippen LogP contribution in [0.5, 0.6) is 5.75 Å². The van der Waals surface area contributed by atoms with Crippen molar-refractivity contribution in [3.63, 3.8) is 0 Å². The van der Waals surface area contributed by atoms with Crippen molar-refractivity contribution in [2.24, 2.45) is 0 Å². The maximum atomic E-state index is 12.6. The fourth-order valence-electron chi connectivity index (χ4n) is 2.19. The van der Waals surface area contributed by atoms with Gasteiger partial charge < -0.3 is 4.74 Å². The number of hydrogen-bond donors (Lipinski definition) is 1. The van der Waals surface area contributed by atoms with Crippen LogP contribution in [0.4, 0.5) is 5.69 Å². The van der Waals surface area contributed by atoms with Crippen molar-refractivity contribution in [2.45, 2.75) is 25.7 Å². The van der Waals surface area contributed by atoms with Crippen molar-refractivity contribution < 1.29 is 13.2 Å². The normalized spacial score (nSPS) is 11.3. The Kier molecular flexibility index (Phi) is 4.68. The highest BCUT2D eigenvalue weighted by Crippen LogP contribution is 2.28. The first-order valence-corrected chi connectivity index (χ1v) is 8.55. The molecule has 0 heterocycles. The number of sulfonamides is 1. The van der Waals surface area contributed by atoms with Gasteiger partial charge in [-0.1, -0.05) is 23.7 Å². The van der Waals surface area contributed by atoms with Crippen molar-refractivity contribution in [3.05, 3.63) is 52.0 Å². The molecule has 4 nitrogen and oxygen atoms in total. The zero-order valence-electron chi connectivity index (χ0n) is 12.9. The Morgan fingerprint density at radius 2 is 1.68 bits per heavy atom. The van der Waals surface area contributed by atoms with Crippen LogP contribution in [0.25, 0.3) is 0 Å². The van der Waals surface area contributed by atoms with E-state index in [1.165, 1.54) is 13.2 Å². The summed E-state index contributed by atoms with van der Waals surface area (Å²) in [5, 5.41) is 0.512. The fourth-order valence-corrected chi connectivity index (χ4v) is 3.66. The molecule has 2 rings (SSSR count). The van der Waals surface area contributed by atoms with Gasteiger partial charge in [0.1, 0.15) is 5.75 Å². The van der Waals surface area contributed by atoms with Gasteiger partial charge in [-0.05, 0) is 49.6 Å². The lowest BCUT2D eigenvalue weighted by molar-refractivity contribution is 0.410. The van der Waals surface area contributed by atoms with Crippen LogP contribution < -0.4 is 9.46 Å². The lowest BCUT2D eigenvalue weighted by Crippen LogP contribution is -2.14. The number of halogens is 1. The quantitative estimate of drug-likeness (QED) is 0.913. The van der Waals surface area contributed by atoms with Crippen LogP contribution >= 0.6 is 11.6 Å². The van der Waals surface area contributed by atoms with Crippen LogP contribution in [-0.2, 0) is 10.0 Å². The van der Waals surface area contributed by atoms with E-state index in [1.54, 1.807) is 31.2 Å². The number of aryl methyl sites for hydroxylation is 3. The number of benzene rings is 2. The average molecular weight is 340 g/mol. The summed E-state index contributed by atoms with van der Waals surface area (Å²) in [4.78, 5) is 0.187. The molecule has 2 aromatic carbocycles. The van der Waals surface area contributed by atoms with Gasteiger partial charge in [-0.15, -0.1) is 0 Å². The zero-order valence-corrected chi connectivity index (χ0v) is 14.5. The highest BCUT2D eigenvalue weighted by Gasteiger charge is 2.19. The summed E-state index contributed by atoms with van der Waals surface area (Å²) in [6, 6.07) is 8.36. The summed E-state index contributed by atoms with van der Waals surface area (Å²) < 4.78 is 32.9. The second kappa shape index (κ2) is 6.18. The van der Waals surface area contributed by atoms with E-state index in [0.29, 0.717) is 22.0 Å². The van der Waals surface area contributed by atoms with Crippen LogP contribution in [0.1, 0.15) is 16.7 Å². The van der Waals surface area contributed by atoms with Gasteiger partial charge >= 0.3 is 0 Å². The number of rotatable bonds is 4. The predicted octanol–water partition coefficient (Wildman–Crippen LogP) is 4.07. The Labute approximate surface area is 136 Å². The molecular weight excluding hydrogens is 322 g/mol. The van der Waals surface area contributed by atoms with Gasteiger partial charge in [0.15, 0.2) is 0 Å². The van der Waals surface area contributed by atoms with Gasteiger partial charge in [0, 0.05) is 11.1 Å². The molecule has 6 heteroatoms. The maximum absolute atomic E-state index is 12.6. The summed E-state index contributed by atoms with van der Waals surface area (Å²) in [6.07, 6.45) is 0. The molecule has 0 atom stereocenters. The predicted molar refractivity (Wildman–Crippen MR) is 89.5 cm³/mol. The molecule has 0 aliphatic rings. The van der Waals surface area contributed by atoms with Crippen molar-refractivity contribution >= 4 is 27.3 Å². The number of hydrogen-bond acceptors (Lipinski definition) is 3. The van der Waals surface area contributed by atoms with Crippen LogP contribution in [0.2, 0.25) is 5.02 Å². The van der Waals surface area contributed by atoms with Gasteiger partial charge in [-0.25, -0.2) is 8.42 Å². The first-order valence-electron chi connectivity index (χ1n) is 6.69. The van der Waals surface area contributed by atoms with E-state index in [-0.39, 0.29) is 4.90 Å². The first kappa shape index (κ1) is 16.6. The largest absolute Gasteiger partial charge is 0.496 e. The summed E-state index contributed by atoms with van der Waals surface area (Å²) in [5.74, 6) is 0.535. The van der Waals surface area contributed by atoms with Crippen molar-refractivity contribution in [1.82, 2.24) is 0 Å². The zero-order chi connectivity index (χ0) is 16.5. The van der Waals surface area contributed by atoms with E-state index in [2.05, 4.69) is 4.72 Å². The Hall–Kier alpha value is -1.72. The molecule has 0 fully saturated rings. The minimum absolute atomic E-state index is 0.187. The topological polar surface area (TPSA) is 55.4 Å². The molecule has 0 unspecified atom stereocenters. The highest BCUT2D eigenvalue weighted by molar-refractivity contribution is 7.92. The third-order valence-electron chi connectivity index (χ3n) is 3.41. The van der Waals surface area contributed by atoms with E-state index in [0.717, 1.165) is 11.1 Å². The molecule has 0 aromatic heterocycles. The lowest BCUT2D eigenvalue weighted by atomic mass is 10.1. The number of nitrogens with one attached hydrogen (secondary N) is 1. The maximum Gasteiger partial charge on any atom is 0.262 e. The third kappa shape index (κ3) is 3.36. The van der Waals surface area contributed by atoms with Crippen molar-refractivity contribution in [1.29, 1.82) is 0 Å². The van der Waals surface area contributed by atoms with E-state index in [1.807, 2.05) is 13.8 Å². The van der Waals surface area contributed by atoms with Gasteiger partial charge in [0.05, 0.1) is 17.7 Å². The lowest BCUT2D eigenvalue weighted by Gasteiger charge is -2.14. The molecule has 0 saturated heterocycles. The SMILES string of the molecule is COc1cc(S(=O)(=O)Nc2ccc(C)c(Cl)c2)c(C)cc1C. The van der Waals surface area contributed by atoms with E-state index >= 15 is 0 Å². The highest BCUT2D eigenvalue weighted by atomic mass is 35.5. The number of ether oxygens (including phenoxy) is 1. The Balaban J connectivity index is 2.44. The van der Waals surface area contributed by atoms with Gasteiger partial charge in [0.2, 0.25) is 0 Å². The summed E-state index contributed by atoms with van der Waals surface area (Å²) in [5.41, 5.74) is 2.86. The second-order valence-electron chi connectivity index (χ2n) is 5.16. The molecule has 0 aliphatic carbocycles. The number of methoxy groups -OCH3 is 1. The Bertz CT molecular complexity index is 816. The van der Waals surface area contributed by atoms with Crippen molar-refractivity contribution in [2.75, 3.05) is 11.8 Å². The van der Waals surface area contributed by atoms with E-state index < -0.39 is 10.0 Å². The van der Waals surface area contributed by atoms with Gasteiger partial charge in [0.25, 0.3) is 10.0 Å². The van der Waals surface area contributed by atoms with E-state index in [9.17, 15) is 8.42 Å². The second-order valence-corrected chi connectivity index (χ2v) is 7.21. The molecule has 0 aliphatic heterocycles. The molecule has 0 radical (unpaired) electrons. The molecule has 0 spiro atoms. The van der Waals surface area contributed by atoms with Gasteiger partial charge in [-0.2, -0.15) is 0 Å². The van der Waals surface area contributed by atoms with Crippen molar-refractivity contribution in [3.8, 4) is 5.75 Å². The smallest absolute Gasteiger partial charge is 0.262 e. The number of anilines is 1. The summed E-state index contributed by atoms with van der Waals surface area (Å²) >= 11 is 6.03. The van der Waals surface area contributed by atoms with Crippen LogP contribution in [0, 0.1) is 20.8 Å². The molecule has 2 aromatic rings. The summed E-state index contributed by atoms with van der Waals surface area (Å²) in [7, 11) is -2.20. The molecule has 118 valence electrons. The molecular formula is C16H18ClNO3S. The van der Waals surface area contributed by atoms with Gasteiger partial charge in [-0.3, -0.25) is 4.72 Å². The van der Waals surface area contributed by atoms with Crippen LogP contribution in [0.15, 0.2) is 35.2 Å². The molecule has 22 heavy (non-hydrogen) atoms. The Morgan fingerprint density at radius 1 is 1.00 bits per heavy atom. The van der Waals surface area contributed by atoms with Crippen LogP contribution in [-0.4, -0.2) is 15.5 Å². The average Bonchev–Trinajstić information content (AvgIpc) is 2.42. The molecule has 1 N–H and O–H groups in total. The minimum atomic E-state index is -3.71. The Morgan fingerprint density at radius 3 is 2.27 bits per heavy atom. The third-order valence-corrected chi connectivity index (χ3v) is 5.34. The molecule has 0 bridgehead atoms. The minimum Gasteiger partial charge on any atom is -0.496 e. The fraction of sp³-hybridized carbons (Fsp3) is 0.250. The summed E-state index contributed by atoms with van der Waals surface area (Å²) in [6.45, 7) is 5.48. The monoisotopic (exact) mass is 339 g/mol. The van der Waals surface area contributed by atoms with E-state index in [4.69, 9.17) is 16.3 Å². The molecule has 0 saturated carbocycles. The van der Waals surface area contributed by atoms with Crippen LogP contribution in [0.3, 0.4) is 0 Å². The first-order chi connectivity index (χ1) is 10.2. The molecule has 0 amide bonds. The standard InChI is InChI=1S/C16H18ClNO3S/c1-10-5-6-13(8-14(10)17)18-22(19,20)16-9-15(21-4)11(2)7-12(16)3/h5-9,18H,1-4H3.